The van der Waals surface area contributed by atoms with Crippen molar-refractivity contribution in [3.8, 4) is 0 Å². The molecule has 0 aliphatic heterocycles. The van der Waals surface area contributed by atoms with E-state index in [-0.39, 0.29) is 10.3 Å². The molecular formula is C6H5F3N2O2. The van der Waals surface area contributed by atoms with E-state index in [0.29, 0.717) is 12.5 Å². The second-order valence-corrected chi connectivity index (χ2v) is 2.13. The monoisotopic (exact) mass is 194 g/mol. The van der Waals surface area contributed by atoms with Crippen molar-refractivity contribution < 1.29 is 22.7 Å². The molecule has 0 saturated carbocycles. The summed E-state index contributed by atoms with van der Waals surface area (Å²) < 4.78 is 39.9. The van der Waals surface area contributed by atoms with E-state index in [1.165, 1.54) is 0 Å². The summed E-state index contributed by atoms with van der Waals surface area (Å²) in [4.78, 5) is 13.9. The van der Waals surface area contributed by atoms with Crippen LogP contribution in [0.15, 0.2) is 12.5 Å². The van der Waals surface area contributed by atoms with Crippen LogP contribution in [-0.2, 0) is 11.0 Å². The van der Waals surface area contributed by atoms with E-state index in [9.17, 15) is 18.0 Å². The summed E-state index contributed by atoms with van der Waals surface area (Å²) in [5.41, 5.74) is -0.375. The number of nitrogens with zero attached hydrogens (tertiary/aromatic N) is 2. The molecule has 0 amide bonds. The normalized spacial score (nSPS) is 11.4. The maximum absolute atomic E-state index is 11.9. The Labute approximate surface area is 70.9 Å². The Kier molecular flexibility index (Phi) is 2.26. The van der Waals surface area contributed by atoms with E-state index < -0.39 is 12.3 Å². The number of hydrogen-bond donors (Lipinski definition) is 0. The molecule has 72 valence electrons. The van der Waals surface area contributed by atoms with Gasteiger partial charge in [-0.3, -0.25) is 0 Å². The molecule has 0 saturated heterocycles. The predicted molar refractivity (Wildman–Crippen MR) is 34.9 cm³/mol. The highest BCUT2D eigenvalue weighted by molar-refractivity contribution is 5.86. The molecule has 0 aromatic carbocycles. The second kappa shape index (κ2) is 3.08. The highest BCUT2D eigenvalue weighted by Crippen LogP contribution is 2.21. The molecule has 0 aliphatic rings. The maximum atomic E-state index is 11.9. The van der Waals surface area contributed by atoms with Crippen molar-refractivity contribution in [2.45, 2.75) is 6.30 Å². The van der Waals surface area contributed by atoms with Crippen molar-refractivity contribution in [1.29, 1.82) is 0 Å². The zero-order valence-electron chi connectivity index (χ0n) is 6.50. The van der Waals surface area contributed by atoms with Crippen LogP contribution in [0, 0.1) is 0 Å². The largest absolute Gasteiger partial charge is 0.489 e. The van der Waals surface area contributed by atoms with Crippen LogP contribution in [0.25, 0.3) is 0 Å². The van der Waals surface area contributed by atoms with Crippen LogP contribution in [-0.4, -0.2) is 22.6 Å². The third-order valence-electron chi connectivity index (χ3n) is 1.27. The Bertz CT molecular complexity index is 318. The quantitative estimate of drug-likeness (QED) is 0.630. The average molecular weight is 194 g/mol. The number of carbonyl (C=O) groups excluding carboxylic acids is 1. The standard InChI is InChI=1S/C6H5F3N2O2/c1-13-5(12)4-2-11(3-10-4)6(7,8)9/h2-3H,1H3. The lowest BCUT2D eigenvalue weighted by molar-refractivity contribution is -0.204. The van der Waals surface area contributed by atoms with Crippen LogP contribution in [0.2, 0.25) is 0 Å². The molecule has 1 aromatic heterocycles. The van der Waals surface area contributed by atoms with Crippen molar-refractivity contribution in [3.05, 3.63) is 18.2 Å². The number of halogens is 3. The van der Waals surface area contributed by atoms with E-state index in [2.05, 4.69) is 9.72 Å². The first-order valence-electron chi connectivity index (χ1n) is 3.14. The molecule has 7 heteroatoms. The van der Waals surface area contributed by atoms with Gasteiger partial charge in [0, 0.05) is 6.20 Å². The number of carbonyl (C=O) groups is 1. The lowest BCUT2D eigenvalue weighted by Crippen LogP contribution is -2.14. The van der Waals surface area contributed by atoms with Gasteiger partial charge >= 0.3 is 12.3 Å². The number of esters is 1. The highest BCUT2D eigenvalue weighted by Gasteiger charge is 2.31. The number of ether oxygens (including phenoxy) is 1. The van der Waals surface area contributed by atoms with Gasteiger partial charge in [-0.15, -0.1) is 13.2 Å². The van der Waals surface area contributed by atoms with Gasteiger partial charge in [0.15, 0.2) is 5.69 Å². The highest BCUT2D eigenvalue weighted by atomic mass is 19.4. The Morgan fingerprint density at radius 3 is 2.62 bits per heavy atom. The van der Waals surface area contributed by atoms with E-state index in [0.717, 1.165) is 7.11 Å². The SMILES string of the molecule is COC(=O)c1cn(C(F)(F)F)cn1. The molecule has 0 aliphatic carbocycles. The summed E-state index contributed by atoms with van der Waals surface area (Å²) in [5, 5.41) is 0. The van der Waals surface area contributed by atoms with E-state index in [4.69, 9.17) is 0 Å². The average Bonchev–Trinajstić information content (AvgIpc) is 2.50. The molecule has 0 spiro atoms. The molecule has 4 nitrogen and oxygen atoms in total. The van der Waals surface area contributed by atoms with Gasteiger partial charge in [-0.25, -0.2) is 14.3 Å². The summed E-state index contributed by atoms with van der Waals surface area (Å²) in [6, 6.07) is 0. The minimum absolute atomic E-state index is 0.126. The van der Waals surface area contributed by atoms with Gasteiger partial charge in [-0.05, 0) is 0 Å². The van der Waals surface area contributed by atoms with E-state index in [1.807, 2.05) is 0 Å². The zero-order valence-corrected chi connectivity index (χ0v) is 6.50. The van der Waals surface area contributed by atoms with E-state index in [1.54, 1.807) is 0 Å². The number of aromatic nitrogens is 2. The molecule has 0 N–H and O–H groups in total. The fourth-order valence-corrected chi connectivity index (χ4v) is 0.671. The Morgan fingerprint density at radius 2 is 2.23 bits per heavy atom. The smallest absolute Gasteiger partial charge is 0.464 e. The van der Waals surface area contributed by atoms with E-state index >= 15 is 0 Å². The molecule has 1 heterocycles. The lowest BCUT2D eigenvalue weighted by Gasteiger charge is -2.04. The first-order valence-corrected chi connectivity index (χ1v) is 3.14. The Hall–Kier alpha value is -1.53. The molecule has 0 unspecified atom stereocenters. The lowest BCUT2D eigenvalue weighted by atomic mass is 10.5. The number of methoxy groups -OCH3 is 1. The summed E-state index contributed by atoms with van der Waals surface area (Å²) >= 11 is 0. The number of imidazole rings is 1. The number of alkyl halides is 3. The molecule has 0 radical (unpaired) electrons. The minimum Gasteiger partial charge on any atom is -0.464 e. The second-order valence-electron chi connectivity index (χ2n) is 2.13. The van der Waals surface area contributed by atoms with Gasteiger partial charge in [0.25, 0.3) is 0 Å². The fraction of sp³-hybridized carbons (Fsp3) is 0.333. The van der Waals surface area contributed by atoms with Crippen molar-refractivity contribution in [3.63, 3.8) is 0 Å². The topological polar surface area (TPSA) is 44.1 Å². The maximum Gasteiger partial charge on any atom is 0.489 e. The Balaban J connectivity index is 2.93. The van der Waals surface area contributed by atoms with Crippen LogP contribution < -0.4 is 0 Å². The third-order valence-corrected chi connectivity index (χ3v) is 1.27. The van der Waals surface area contributed by atoms with Crippen LogP contribution >= 0.6 is 0 Å². The Morgan fingerprint density at radius 1 is 1.62 bits per heavy atom. The van der Waals surface area contributed by atoms with Gasteiger partial charge in [0.1, 0.15) is 6.33 Å². The van der Waals surface area contributed by atoms with Gasteiger partial charge in [-0.1, -0.05) is 0 Å². The number of hydrogen-bond acceptors (Lipinski definition) is 3. The first-order chi connectivity index (χ1) is 5.95. The molecular weight excluding hydrogens is 189 g/mol. The first kappa shape index (κ1) is 9.56. The van der Waals surface area contributed by atoms with Crippen LogP contribution in [0.1, 0.15) is 10.5 Å². The molecule has 13 heavy (non-hydrogen) atoms. The van der Waals surface area contributed by atoms with Crippen LogP contribution in [0.3, 0.4) is 0 Å². The molecule has 0 atom stereocenters. The molecule has 0 fully saturated rings. The van der Waals surface area contributed by atoms with Crippen molar-refractivity contribution in [2.24, 2.45) is 0 Å². The summed E-state index contributed by atoms with van der Waals surface area (Å²) in [6.45, 7) is 0. The minimum atomic E-state index is -4.56. The van der Waals surface area contributed by atoms with Gasteiger partial charge in [0.2, 0.25) is 0 Å². The van der Waals surface area contributed by atoms with Gasteiger partial charge in [-0.2, -0.15) is 0 Å². The van der Waals surface area contributed by atoms with Gasteiger partial charge in [0.05, 0.1) is 7.11 Å². The molecule has 1 aromatic rings. The van der Waals surface area contributed by atoms with Crippen molar-refractivity contribution in [2.75, 3.05) is 7.11 Å². The van der Waals surface area contributed by atoms with Gasteiger partial charge < -0.3 is 4.74 Å². The summed E-state index contributed by atoms with van der Waals surface area (Å²) in [5.74, 6) is -0.900. The van der Waals surface area contributed by atoms with Crippen LogP contribution in [0.5, 0.6) is 0 Å². The summed E-state index contributed by atoms with van der Waals surface area (Å²) in [6.07, 6.45) is -3.49. The molecule has 1 rings (SSSR count). The van der Waals surface area contributed by atoms with Crippen molar-refractivity contribution >= 4 is 5.97 Å². The van der Waals surface area contributed by atoms with Crippen molar-refractivity contribution in [1.82, 2.24) is 9.55 Å². The fourth-order valence-electron chi connectivity index (χ4n) is 0.671. The summed E-state index contributed by atoms with van der Waals surface area (Å²) in [7, 11) is 1.06. The number of rotatable bonds is 1. The zero-order chi connectivity index (χ0) is 10.1. The predicted octanol–water partition coefficient (Wildman–Crippen LogP) is 1.15. The third kappa shape index (κ3) is 1.98. The molecule has 0 bridgehead atoms. The van der Waals surface area contributed by atoms with Crippen LogP contribution in [0.4, 0.5) is 13.2 Å².